The molecule has 0 aliphatic heterocycles. The number of Topliss-reactive ketones (excluding diaryl/α,β-unsaturated/α-hetero) is 1. The molecule has 1 heterocycles. The highest BCUT2D eigenvalue weighted by molar-refractivity contribution is 6.33. The number of ketones is 1. The maximum Gasteiger partial charge on any atom is 0.168 e. The second-order valence-electron chi connectivity index (χ2n) is 4.03. The van der Waals surface area contributed by atoms with E-state index in [2.05, 4.69) is 4.98 Å². The number of benzene rings is 1. The largest absolute Gasteiger partial charge is 0.294 e. The van der Waals surface area contributed by atoms with E-state index in [1.54, 1.807) is 12.1 Å². The van der Waals surface area contributed by atoms with Crippen LogP contribution in [0.3, 0.4) is 0 Å². The molecule has 0 bridgehead atoms. The molecule has 4 heteroatoms. The molecule has 0 radical (unpaired) electrons. The van der Waals surface area contributed by atoms with Crippen molar-refractivity contribution in [3.63, 3.8) is 0 Å². The number of aromatic nitrogens is 1. The molecule has 18 heavy (non-hydrogen) atoms. The fourth-order valence-corrected chi connectivity index (χ4v) is 1.92. The number of nitrogens with zero attached hydrogens (tertiary/aromatic N) is 1. The molecule has 0 amide bonds. The summed E-state index contributed by atoms with van der Waals surface area (Å²) in [5.41, 5.74) is 1.97. The number of hydrogen-bond acceptors (Lipinski definition) is 2. The number of pyridine rings is 1. The number of rotatable bonds is 3. The van der Waals surface area contributed by atoms with Crippen LogP contribution < -0.4 is 0 Å². The van der Waals surface area contributed by atoms with E-state index in [0.717, 1.165) is 5.56 Å². The highest BCUT2D eigenvalue weighted by atomic mass is 35.5. The van der Waals surface area contributed by atoms with Gasteiger partial charge < -0.3 is 0 Å². The summed E-state index contributed by atoms with van der Waals surface area (Å²) in [5.74, 6) is -0.486. The summed E-state index contributed by atoms with van der Waals surface area (Å²) >= 11 is 5.90. The minimum Gasteiger partial charge on any atom is -0.294 e. The molecule has 0 N–H and O–H groups in total. The fraction of sp³-hybridized carbons (Fsp3) is 0.143. The predicted octanol–water partition coefficient (Wildman–Crippen LogP) is 3.61. The third-order valence-electron chi connectivity index (χ3n) is 2.74. The van der Waals surface area contributed by atoms with Crippen LogP contribution in [0.2, 0.25) is 5.02 Å². The monoisotopic (exact) mass is 263 g/mol. The van der Waals surface area contributed by atoms with Gasteiger partial charge in [-0.2, -0.15) is 0 Å². The molecule has 2 aromatic rings. The van der Waals surface area contributed by atoms with Gasteiger partial charge in [0.05, 0.1) is 5.02 Å². The maximum absolute atomic E-state index is 13.1. The van der Waals surface area contributed by atoms with E-state index in [0.29, 0.717) is 16.1 Å². The van der Waals surface area contributed by atoms with Gasteiger partial charge in [0.1, 0.15) is 5.82 Å². The second-order valence-corrected chi connectivity index (χ2v) is 4.43. The Morgan fingerprint density at radius 3 is 2.89 bits per heavy atom. The van der Waals surface area contributed by atoms with E-state index in [1.807, 2.05) is 6.92 Å². The summed E-state index contributed by atoms with van der Waals surface area (Å²) in [7, 11) is 0. The van der Waals surface area contributed by atoms with Crippen LogP contribution in [0.1, 0.15) is 21.5 Å². The van der Waals surface area contributed by atoms with Crippen LogP contribution in [0.25, 0.3) is 0 Å². The van der Waals surface area contributed by atoms with Crippen molar-refractivity contribution < 1.29 is 9.18 Å². The van der Waals surface area contributed by atoms with Crippen molar-refractivity contribution in [2.45, 2.75) is 13.3 Å². The lowest BCUT2D eigenvalue weighted by atomic mass is 10.00. The molecule has 0 spiro atoms. The summed E-state index contributed by atoms with van der Waals surface area (Å²) in [4.78, 5) is 15.9. The summed E-state index contributed by atoms with van der Waals surface area (Å²) in [6.45, 7) is 1.84. The topological polar surface area (TPSA) is 30.0 Å². The van der Waals surface area contributed by atoms with Crippen LogP contribution in [-0.4, -0.2) is 10.8 Å². The Balaban J connectivity index is 2.27. The van der Waals surface area contributed by atoms with Crippen molar-refractivity contribution in [2.24, 2.45) is 0 Å². The van der Waals surface area contributed by atoms with Gasteiger partial charge >= 0.3 is 0 Å². The van der Waals surface area contributed by atoms with Crippen molar-refractivity contribution in [3.8, 4) is 0 Å². The number of hydrogen-bond donors (Lipinski definition) is 0. The van der Waals surface area contributed by atoms with Gasteiger partial charge in [0, 0.05) is 24.4 Å². The first-order valence-corrected chi connectivity index (χ1v) is 5.83. The van der Waals surface area contributed by atoms with E-state index in [-0.39, 0.29) is 18.0 Å². The molecule has 1 aromatic carbocycles. The van der Waals surface area contributed by atoms with Crippen LogP contribution >= 0.6 is 11.6 Å². The van der Waals surface area contributed by atoms with Gasteiger partial charge in [-0.1, -0.05) is 17.7 Å². The lowest BCUT2D eigenvalue weighted by Gasteiger charge is -2.06. The third kappa shape index (κ3) is 2.74. The zero-order chi connectivity index (χ0) is 13.1. The Labute approximate surface area is 109 Å². The van der Waals surface area contributed by atoms with Crippen molar-refractivity contribution in [2.75, 3.05) is 0 Å². The van der Waals surface area contributed by atoms with Gasteiger partial charge in [-0.15, -0.1) is 0 Å². The SMILES string of the molecule is Cc1ccc(F)cc1CC(=O)c1ccncc1Cl. The molecular weight excluding hydrogens is 253 g/mol. The van der Waals surface area contributed by atoms with Crippen molar-refractivity contribution >= 4 is 17.4 Å². The standard InChI is InChI=1S/C14H11ClFNO/c1-9-2-3-11(16)6-10(9)7-14(18)12-4-5-17-8-13(12)15/h2-6,8H,7H2,1H3. The molecule has 1 aromatic heterocycles. The number of halogens is 2. The summed E-state index contributed by atoms with van der Waals surface area (Å²) in [6.07, 6.45) is 3.07. The van der Waals surface area contributed by atoms with E-state index in [9.17, 15) is 9.18 Å². The molecule has 2 nitrogen and oxygen atoms in total. The Morgan fingerprint density at radius 1 is 1.39 bits per heavy atom. The summed E-state index contributed by atoms with van der Waals surface area (Å²) in [6, 6.07) is 5.98. The normalized spacial score (nSPS) is 10.4. The molecule has 2 rings (SSSR count). The number of carbonyl (C=O) groups is 1. The minimum absolute atomic E-state index is 0.132. The zero-order valence-corrected chi connectivity index (χ0v) is 10.5. The van der Waals surface area contributed by atoms with Crippen LogP contribution in [0, 0.1) is 12.7 Å². The highest BCUT2D eigenvalue weighted by Crippen LogP contribution is 2.18. The number of aryl methyl sites for hydroxylation is 1. The van der Waals surface area contributed by atoms with E-state index >= 15 is 0 Å². The number of carbonyl (C=O) groups excluding carboxylic acids is 1. The summed E-state index contributed by atoms with van der Waals surface area (Å²) in [5, 5.41) is 0.316. The zero-order valence-electron chi connectivity index (χ0n) is 9.78. The van der Waals surface area contributed by atoms with Gasteiger partial charge in [0.15, 0.2) is 5.78 Å². The molecule has 0 atom stereocenters. The summed E-state index contributed by atoms with van der Waals surface area (Å²) < 4.78 is 13.1. The molecule has 0 saturated carbocycles. The van der Waals surface area contributed by atoms with Crippen molar-refractivity contribution in [1.29, 1.82) is 0 Å². The van der Waals surface area contributed by atoms with Crippen LogP contribution in [0.4, 0.5) is 4.39 Å². The average Bonchev–Trinajstić information content (AvgIpc) is 2.34. The van der Waals surface area contributed by atoms with Gasteiger partial charge in [-0.3, -0.25) is 9.78 Å². The smallest absolute Gasteiger partial charge is 0.168 e. The first-order chi connectivity index (χ1) is 8.58. The molecule has 92 valence electrons. The predicted molar refractivity (Wildman–Crippen MR) is 68.4 cm³/mol. The Hall–Kier alpha value is -1.74. The van der Waals surface area contributed by atoms with E-state index in [4.69, 9.17) is 11.6 Å². The molecule has 0 saturated heterocycles. The maximum atomic E-state index is 13.1. The first kappa shape index (κ1) is 12.7. The first-order valence-electron chi connectivity index (χ1n) is 5.45. The van der Waals surface area contributed by atoms with E-state index < -0.39 is 0 Å². The average molecular weight is 264 g/mol. The van der Waals surface area contributed by atoms with E-state index in [1.165, 1.54) is 24.5 Å². The lowest BCUT2D eigenvalue weighted by molar-refractivity contribution is 0.0993. The molecule has 0 aliphatic rings. The fourth-order valence-electron chi connectivity index (χ4n) is 1.70. The molecular formula is C14H11ClFNO. The lowest BCUT2D eigenvalue weighted by Crippen LogP contribution is -2.06. The van der Waals surface area contributed by atoms with Crippen molar-refractivity contribution in [3.05, 3.63) is 64.2 Å². The van der Waals surface area contributed by atoms with Crippen LogP contribution in [0.5, 0.6) is 0 Å². The van der Waals surface area contributed by atoms with Crippen LogP contribution in [-0.2, 0) is 6.42 Å². The second kappa shape index (κ2) is 5.27. The van der Waals surface area contributed by atoms with Gasteiger partial charge in [-0.25, -0.2) is 4.39 Å². The molecule has 0 aliphatic carbocycles. The minimum atomic E-state index is -0.343. The molecule has 0 fully saturated rings. The Kier molecular flexibility index (Phi) is 3.72. The van der Waals surface area contributed by atoms with Crippen molar-refractivity contribution in [1.82, 2.24) is 4.98 Å². The van der Waals surface area contributed by atoms with Gasteiger partial charge in [0.2, 0.25) is 0 Å². The quantitative estimate of drug-likeness (QED) is 0.792. The van der Waals surface area contributed by atoms with Gasteiger partial charge in [0.25, 0.3) is 0 Å². The Morgan fingerprint density at radius 2 is 2.17 bits per heavy atom. The van der Waals surface area contributed by atoms with Crippen LogP contribution in [0.15, 0.2) is 36.7 Å². The van der Waals surface area contributed by atoms with Gasteiger partial charge in [-0.05, 0) is 36.2 Å². The molecule has 0 unspecified atom stereocenters. The highest BCUT2D eigenvalue weighted by Gasteiger charge is 2.12. The third-order valence-corrected chi connectivity index (χ3v) is 3.04. The Bertz CT molecular complexity index is 598.